The van der Waals surface area contributed by atoms with Crippen molar-refractivity contribution in [2.45, 2.75) is 31.9 Å². The van der Waals surface area contributed by atoms with Gasteiger partial charge >= 0.3 is 0 Å². The first-order valence-electron chi connectivity index (χ1n) is 8.69. The molecule has 2 saturated heterocycles. The molecule has 2 heterocycles. The predicted octanol–water partition coefficient (Wildman–Crippen LogP) is 1.64. The highest BCUT2D eigenvalue weighted by atomic mass is 19.1. The van der Waals surface area contributed by atoms with E-state index in [1.807, 2.05) is 4.90 Å². The first kappa shape index (κ1) is 17.3. The molecule has 2 fully saturated rings. The minimum Gasteiger partial charge on any atom is -0.392 e. The van der Waals surface area contributed by atoms with E-state index in [1.165, 1.54) is 12.1 Å². The highest BCUT2D eigenvalue weighted by Crippen LogP contribution is 2.22. The van der Waals surface area contributed by atoms with Gasteiger partial charge in [-0.05, 0) is 31.4 Å². The van der Waals surface area contributed by atoms with E-state index in [0.29, 0.717) is 5.56 Å². The number of amides is 1. The van der Waals surface area contributed by atoms with E-state index in [9.17, 15) is 9.18 Å². The van der Waals surface area contributed by atoms with Crippen molar-refractivity contribution in [1.82, 2.24) is 9.80 Å². The lowest BCUT2D eigenvalue weighted by Crippen LogP contribution is -2.51. The van der Waals surface area contributed by atoms with Crippen molar-refractivity contribution in [3.63, 3.8) is 0 Å². The van der Waals surface area contributed by atoms with E-state index in [4.69, 9.17) is 9.84 Å². The van der Waals surface area contributed by atoms with Crippen molar-refractivity contribution in [2.75, 3.05) is 39.4 Å². The lowest BCUT2D eigenvalue weighted by atomic mass is 9.99. The van der Waals surface area contributed by atoms with Crippen LogP contribution < -0.4 is 0 Å². The Morgan fingerprint density at radius 3 is 2.75 bits per heavy atom. The number of carbonyl (C=O) groups is 1. The molecule has 0 aromatic heterocycles. The van der Waals surface area contributed by atoms with Crippen molar-refractivity contribution >= 4 is 5.91 Å². The number of rotatable bonds is 4. The average Bonchev–Trinajstić information content (AvgIpc) is 2.62. The molecule has 24 heavy (non-hydrogen) atoms. The van der Waals surface area contributed by atoms with Crippen LogP contribution in [0.5, 0.6) is 0 Å². The van der Waals surface area contributed by atoms with Gasteiger partial charge in [-0.15, -0.1) is 0 Å². The molecule has 1 amide bonds. The van der Waals surface area contributed by atoms with Gasteiger partial charge in [-0.1, -0.05) is 6.07 Å². The SMILES string of the molecule is O=C(c1ccc(CO)c(F)c1)N1CCCCC1CN1CCOCC1. The molecular weight excluding hydrogens is 311 g/mol. The van der Waals surface area contributed by atoms with Crippen molar-refractivity contribution in [1.29, 1.82) is 0 Å². The molecule has 3 rings (SSSR count). The van der Waals surface area contributed by atoms with Gasteiger partial charge in [-0.2, -0.15) is 0 Å². The predicted molar refractivity (Wildman–Crippen MR) is 88.3 cm³/mol. The number of aliphatic hydroxyl groups is 1. The molecule has 6 heteroatoms. The van der Waals surface area contributed by atoms with E-state index in [1.54, 1.807) is 6.07 Å². The molecule has 5 nitrogen and oxygen atoms in total. The van der Waals surface area contributed by atoms with Crippen molar-refractivity contribution < 1.29 is 19.0 Å². The topological polar surface area (TPSA) is 53.0 Å². The number of carbonyl (C=O) groups excluding carboxylic acids is 1. The molecule has 1 atom stereocenters. The minimum atomic E-state index is -0.523. The van der Waals surface area contributed by atoms with E-state index in [-0.39, 0.29) is 24.1 Å². The summed E-state index contributed by atoms with van der Waals surface area (Å²) in [6.07, 6.45) is 3.10. The highest BCUT2D eigenvalue weighted by Gasteiger charge is 2.29. The summed E-state index contributed by atoms with van der Waals surface area (Å²) >= 11 is 0. The molecule has 132 valence electrons. The molecule has 0 spiro atoms. The van der Waals surface area contributed by atoms with Crippen LogP contribution in [0.4, 0.5) is 4.39 Å². The molecule has 1 aromatic rings. The molecule has 0 aliphatic carbocycles. The molecule has 0 saturated carbocycles. The van der Waals surface area contributed by atoms with E-state index in [0.717, 1.165) is 58.7 Å². The minimum absolute atomic E-state index is 0.114. The summed E-state index contributed by atoms with van der Waals surface area (Å²) in [4.78, 5) is 17.1. The Hall–Kier alpha value is -1.50. The number of piperidine rings is 1. The third-order valence-corrected chi connectivity index (χ3v) is 4.93. The summed E-state index contributed by atoms with van der Waals surface area (Å²) in [6, 6.07) is 4.51. The molecule has 2 aliphatic rings. The van der Waals surface area contributed by atoms with Gasteiger partial charge in [0.2, 0.25) is 0 Å². The summed E-state index contributed by atoms with van der Waals surface area (Å²) in [6.45, 7) is 4.51. The second kappa shape index (κ2) is 8.05. The second-order valence-corrected chi connectivity index (χ2v) is 6.53. The van der Waals surface area contributed by atoms with E-state index in [2.05, 4.69) is 4.90 Å². The number of halogens is 1. The van der Waals surface area contributed by atoms with Gasteiger partial charge in [0.1, 0.15) is 5.82 Å². The van der Waals surface area contributed by atoms with Gasteiger partial charge in [0, 0.05) is 43.3 Å². The smallest absolute Gasteiger partial charge is 0.254 e. The number of nitrogens with zero attached hydrogens (tertiary/aromatic N) is 2. The van der Waals surface area contributed by atoms with Crippen LogP contribution in [0.1, 0.15) is 35.2 Å². The standard InChI is InChI=1S/C18H25FN2O3/c19-17-11-14(4-5-15(17)13-22)18(23)21-6-2-1-3-16(21)12-20-7-9-24-10-8-20/h4-5,11,16,22H,1-3,6-10,12-13H2. The summed E-state index contributed by atoms with van der Waals surface area (Å²) in [7, 11) is 0. The quantitative estimate of drug-likeness (QED) is 0.908. The Balaban J connectivity index is 1.71. The zero-order chi connectivity index (χ0) is 16.9. The summed E-state index contributed by atoms with van der Waals surface area (Å²) in [5.41, 5.74) is 0.577. The fraction of sp³-hybridized carbons (Fsp3) is 0.611. The number of hydrogen-bond donors (Lipinski definition) is 1. The maximum Gasteiger partial charge on any atom is 0.254 e. The third-order valence-electron chi connectivity index (χ3n) is 4.93. The normalized spacial score (nSPS) is 22.6. The van der Waals surface area contributed by atoms with Crippen molar-refractivity contribution in [3.8, 4) is 0 Å². The Kier molecular flexibility index (Phi) is 5.81. The van der Waals surface area contributed by atoms with Crippen molar-refractivity contribution in [2.24, 2.45) is 0 Å². The summed E-state index contributed by atoms with van der Waals surface area (Å²) < 4.78 is 19.3. The van der Waals surface area contributed by atoms with Crippen LogP contribution in [-0.4, -0.2) is 66.2 Å². The second-order valence-electron chi connectivity index (χ2n) is 6.53. The number of morpholine rings is 1. The van der Waals surface area contributed by atoms with Crippen molar-refractivity contribution in [3.05, 3.63) is 35.1 Å². The number of benzene rings is 1. The lowest BCUT2D eigenvalue weighted by Gasteiger charge is -2.39. The molecule has 1 aromatic carbocycles. The maximum atomic E-state index is 13.9. The molecular formula is C18H25FN2O3. The zero-order valence-electron chi connectivity index (χ0n) is 13.9. The fourth-order valence-electron chi connectivity index (χ4n) is 3.51. The van der Waals surface area contributed by atoms with Crippen LogP contribution in [0, 0.1) is 5.82 Å². The Bertz CT molecular complexity index is 575. The lowest BCUT2D eigenvalue weighted by molar-refractivity contribution is 0.0166. The first-order valence-corrected chi connectivity index (χ1v) is 8.69. The maximum absolute atomic E-state index is 13.9. The van der Waals surface area contributed by atoms with Crippen LogP contribution in [0.2, 0.25) is 0 Å². The number of aliphatic hydroxyl groups excluding tert-OH is 1. The van der Waals surface area contributed by atoms with Gasteiger partial charge in [0.05, 0.1) is 19.8 Å². The first-order chi connectivity index (χ1) is 11.7. The van der Waals surface area contributed by atoms with Crippen LogP contribution in [0.25, 0.3) is 0 Å². The fourth-order valence-corrected chi connectivity index (χ4v) is 3.51. The van der Waals surface area contributed by atoms with Crippen LogP contribution in [-0.2, 0) is 11.3 Å². The Morgan fingerprint density at radius 2 is 2.04 bits per heavy atom. The van der Waals surface area contributed by atoms with Gasteiger partial charge in [0.15, 0.2) is 0 Å². The van der Waals surface area contributed by atoms with Crippen LogP contribution in [0.3, 0.4) is 0 Å². The third kappa shape index (κ3) is 3.94. The van der Waals surface area contributed by atoms with Crippen LogP contribution >= 0.6 is 0 Å². The zero-order valence-corrected chi connectivity index (χ0v) is 13.9. The Morgan fingerprint density at radius 1 is 1.25 bits per heavy atom. The largest absolute Gasteiger partial charge is 0.392 e. The Labute approximate surface area is 142 Å². The summed E-state index contributed by atoms with van der Waals surface area (Å²) in [5.74, 6) is -0.638. The van der Waals surface area contributed by atoms with E-state index >= 15 is 0 Å². The molecule has 2 aliphatic heterocycles. The highest BCUT2D eigenvalue weighted by molar-refractivity contribution is 5.94. The van der Waals surface area contributed by atoms with Gasteiger partial charge in [-0.3, -0.25) is 9.69 Å². The number of hydrogen-bond acceptors (Lipinski definition) is 4. The number of ether oxygens (including phenoxy) is 1. The molecule has 1 N–H and O–H groups in total. The van der Waals surface area contributed by atoms with Gasteiger partial charge in [-0.25, -0.2) is 4.39 Å². The summed E-state index contributed by atoms with van der Waals surface area (Å²) in [5, 5.41) is 9.07. The van der Waals surface area contributed by atoms with Gasteiger partial charge < -0.3 is 14.7 Å². The number of likely N-dealkylation sites (tertiary alicyclic amines) is 1. The monoisotopic (exact) mass is 336 g/mol. The molecule has 0 bridgehead atoms. The molecule has 1 unspecified atom stereocenters. The average molecular weight is 336 g/mol. The van der Waals surface area contributed by atoms with E-state index < -0.39 is 5.82 Å². The van der Waals surface area contributed by atoms with Crippen LogP contribution in [0.15, 0.2) is 18.2 Å². The molecule has 0 radical (unpaired) electrons. The van der Waals surface area contributed by atoms with Gasteiger partial charge in [0.25, 0.3) is 5.91 Å².